The van der Waals surface area contributed by atoms with E-state index in [1.807, 2.05) is 23.1 Å². The minimum Gasteiger partial charge on any atom is -0.357 e. The third kappa shape index (κ3) is 10.0. The second-order valence-corrected chi connectivity index (χ2v) is 5.42. The van der Waals surface area contributed by atoms with Gasteiger partial charge in [-0.25, -0.2) is 0 Å². The van der Waals surface area contributed by atoms with Crippen LogP contribution in [0.1, 0.15) is 52.9 Å². The first-order valence-electron chi connectivity index (χ1n) is 8.28. The Bertz CT molecular complexity index is 378. The summed E-state index contributed by atoms with van der Waals surface area (Å²) in [6.07, 6.45) is 9.87. The van der Waals surface area contributed by atoms with Crippen LogP contribution in [0.3, 0.4) is 0 Å². The van der Waals surface area contributed by atoms with E-state index in [2.05, 4.69) is 41.5 Å². The largest absolute Gasteiger partial charge is 0.357 e. The number of halogens is 1. The molecule has 2 N–H and O–H groups in total. The zero-order chi connectivity index (χ0) is 15.3. The number of nitrogens with zero attached hydrogens (tertiary/aromatic N) is 3. The maximum atomic E-state index is 4.63. The van der Waals surface area contributed by atoms with Gasteiger partial charge in [0.25, 0.3) is 0 Å². The number of guanidine groups is 1. The van der Waals surface area contributed by atoms with Gasteiger partial charge in [0, 0.05) is 38.1 Å². The first-order chi connectivity index (χ1) is 10.3. The van der Waals surface area contributed by atoms with Gasteiger partial charge in [0.2, 0.25) is 0 Å². The van der Waals surface area contributed by atoms with Gasteiger partial charge in [-0.05, 0) is 32.8 Å². The van der Waals surface area contributed by atoms with E-state index in [1.54, 1.807) is 0 Å². The Morgan fingerprint density at radius 3 is 2.73 bits per heavy atom. The summed E-state index contributed by atoms with van der Waals surface area (Å²) in [7, 11) is 0. The molecule has 22 heavy (non-hydrogen) atoms. The van der Waals surface area contributed by atoms with E-state index in [4.69, 9.17) is 0 Å². The van der Waals surface area contributed by atoms with E-state index >= 15 is 0 Å². The van der Waals surface area contributed by atoms with Crippen LogP contribution in [0.2, 0.25) is 0 Å². The Morgan fingerprint density at radius 2 is 2.09 bits per heavy atom. The molecule has 6 heteroatoms. The van der Waals surface area contributed by atoms with Crippen molar-refractivity contribution in [2.75, 3.05) is 13.1 Å². The monoisotopic (exact) mass is 421 g/mol. The number of rotatable bonds is 10. The summed E-state index contributed by atoms with van der Waals surface area (Å²) in [4.78, 5) is 4.63. The molecule has 0 saturated carbocycles. The molecule has 1 heterocycles. The van der Waals surface area contributed by atoms with E-state index in [9.17, 15) is 0 Å². The second-order valence-electron chi connectivity index (χ2n) is 5.42. The fourth-order valence-corrected chi connectivity index (χ4v) is 2.18. The van der Waals surface area contributed by atoms with Crippen molar-refractivity contribution in [2.45, 2.75) is 65.5 Å². The average Bonchev–Trinajstić information content (AvgIpc) is 2.97. The van der Waals surface area contributed by atoms with Crippen molar-refractivity contribution in [3.63, 3.8) is 0 Å². The van der Waals surface area contributed by atoms with Crippen LogP contribution >= 0.6 is 24.0 Å². The highest BCUT2D eigenvalue weighted by molar-refractivity contribution is 14.0. The van der Waals surface area contributed by atoms with E-state index < -0.39 is 0 Å². The van der Waals surface area contributed by atoms with Crippen molar-refractivity contribution >= 4 is 29.9 Å². The molecule has 0 aliphatic rings. The Balaban J connectivity index is 0.00000441. The summed E-state index contributed by atoms with van der Waals surface area (Å²) in [5.41, 5.74) is 0. The summed E-state index contributed by atoms with van der Waals surface area (Å²) in [5.74, 6) is 0.932. The minimum absolute atomic E-state index is 0. The van der Waals surface area contributed by atoms with Crippen molar-refractivity contribution in [3.05, 3.63) is 18.5 Å². The van der Waals surface area contributed by atoms with Crippen LogP contribution in [-0.4, -0.2) is 34.9 Å². The number of nitrogens with one attached hydrogen (secondary N) is 2. The zero-order valence-electron chi connectivity index (χ0n) is 14.2. The molecule has 0 saturated heterocycles. The smallest absolute Gasteiger partial charge is 0.191 e. The minimum atomic E-state index is 0. The molecule has 0 aromatic carbocycles. The number of hydrogen-bond acceptors (Lipinski definition) is 2. The predicted octanol–water partition coefficient (Wildman–Crippen LogP) is 3.42. The molecule has 0 fully saturated rings. The average molecular weight is 421 g/mol. The Hall–Kier alpha value is -0.790. The lowest BCUT2D eigenvalue weighted by molar-refractivity contribution is 0.544. The molecule has 0 amide bonds. The fourth-order valence-electron chi connectivity index (χ4n) is 2.18. The van der Waals surface area contributed by atoms with Crippen molar-refractivity contribution in [3.8, 4) is 0 Å². The van der Waals surface area contributed by atoms with Crippen LogP contribution in [0.25, 0.3) is 0 Å². The molecular formula is C16H32IN5. The molecule has 1 aromatic heterocycles. The number of aromatic nitrogens is 2. The van der Waals surface area contributed by atoms with Crippen molar-refractivity contribution < 1.29 is 0 Å². The fraction of sp³-hybridized carbons (Fsp3) is 0.750. The first-order valence-corrected chi connectivity index (χ1v) is 8.28. The number of hydrogen-bond donors (Lipinski definition) is 2. The number of aryl methyl sites for hydroxylation is 1. The molecular weight excluding hydrogens is 389 g/mol. The van der Waals surface area contributed by atoms with Gasteiger partial charge in [-0.15, -0.1) is 24.0 Å². The van der Waals surface area contributed by atoms with Crippen LogP contribution in [0, 0.1) is 0 Å². The van der Waals surface area contributed by atoms with Gasteiger partial charge in [-0.3, -0.25) is 9.67 Å². The van der Waals surface area contributed by atoms with Crippen LogP contribution < -0.4 is 10.6 Å². The highest BCUT2D eigenvalue weighted by Gasteiger charge is 2.04. The normalized spacial score (nSPS) is 12.6. The highest BCUT2D eigenvalue weighted by Crippen LogP contribution is 2.02. The maximum Gasteiger partial charge on any atom is 0.191 e. The third-order valence-electron chi connectivity index (χ3n) is 3.34. The lowest BCUT2D eigenvalue weighted by Gasteiger charge is -2.17. The second kappa shape index (κ2) is 13.8. The van der Waals surface area contributed by atoms with Gasteiger partial charge in [0.05, 0.1) is 0 Å². The van der Waals surface area contributed by atoms with Crippen LogP contribution in [0.15, 0.2) is 23.5 Å². The van der Waals surface area contributed by atoms with E-state index in [1.165, 1.54) is 25.7 Å². The molecule has 0 aliphatic carbocycles. The van der Waals surface area contributed by atoms with Crippen LogP contribution in [0.5, 0.6) is 0 Å². The molecule has 1 unspecified atom stereocenters. The van der Waals surface area contributed by atoms with E-state index in [0.29, 0.717) is 6.04 Å². The van der Waals surface area contributed by atoms with Gasteiger partial charge in [-0.1, -0.05) is 26.2 Å². The van der Waals surface area contributed by atoms with Gasteiger partial charge in [0.15, 0.2) is 5.96 Å². The van der Waals surface area contributed by atoms with Gasteiger partial charge >= 0.3 is 0 Å². The van der Waals surface area contributed by atoms with Gasteiger partial charge < -0.3 is 10.6 Å². The summed E-state index contributed by atoms with van der Waals surface area (Å²) < 4.78 is 1.95. The van der Waals surface area contributed by atoms with E-state index in [0.717, 1.165) is 32.0 Å². The molecule has 0 radical (unpaired) electrons. The molecule has 1 atom stereocenters. The number of aliphatic imine (C=N–C) groups is 1. The lowest BCUT2D eigenvalue weighted by atomic mass is 10.1. The van der Waals surface area contributed by atoms with Gasteiger partial charge in [-0.2, -0.15) is 5.10 Å². The summed E-state index contributed by atoms with van der Waals surface area (Å²) in [6, 6.07) is 2.42. The third-order valence-corrected chi connectivity index (χ3v) is 3.34. The molecule has 0 aliphatic heterocycles. The first kappa shape index (κ1) is 21.2. The topological polar surface area (TPSA) is 54.2 Å². The summed E-state index contributed by atoms with van der Waals surface area (Å²) in [5, 5.41) is 11.0. The highest BCUT2D eigenvalue weighted by atomic mass is 127. The van der Waals surface area contributed by atoms with Crippen molar-refractivity contribution in [1.29, 1.82) is 0 Å². The van der Waals surface area contributed by atoms with Crippen molar-refractivity contribution in [2.24, 2.45) is 4.99 Å². The maximum absolute atomic E-state index is 4.63. The Labute approximate surface area is 152 Å². The molecule has 5 nitrogen and oxygen atoms in total. The van der Waals surface area contributed by atoms with Crippen LogP contribution in [-0.2, 0) is 6.54 Å². The zero-order valence-corrected chi connectivity index (χ0v) is 16.5. The Morgan fingerprint density at radius 1 is 1.27 bits per heavy atom. The van der Waals surface area contributed by atoms with Gasteiger partial charge in [0.1, 0.15) is 0 Å². The molecule has 1 rings (SSSR count). The van der Waals surface area contributed by atoms with E-state index in [-0.39, 0.29) is 24.0 Å². The molecule has 0 bridgehead atoms. The van der Waals surface area contributed by atoms with Crippen molar-refractivity contribution in [1.82, 2.24) is 20.4 Å². The predicted molar refractivity (Wildman–Crippen MR) is 105 cm³/mol. The molecule has 0 spiro atoms. The number of unbranched alkanes of at least 4 members (excludes halogenated alkanes) is 2. The SMILES string of the molecule is CCCCCC(C)NC(=NCCCn1cccn1)NCC.I. The summed E-state index contributed by atoms with van der Waals surface area (Å²) in [6.45, 7) is 9.20. The Kier molecular flexibility index (Phi) is 13.3. The quantitative estimate of drug-likeness (QED) is 0.264. The molecule has 128 valence electrons. The molecule has 1 aromatic rings. The summed E-state index contributed by atoms with van der Waals surface area (Å²) >= 11 is 0. The standard InChI is InChI=1S/C16H31N5.HI/c1-4-6-7-10-15(3)20-16(17-5-2)18-11-8-13-21-14-9-12-19-21;/h9,12,14-15H,4-8,10-11,13H2,1-3H3,(H2,17,18,20);1H. The lowest BCUT2D eigenvalue weighted by Crippen LogP contribution is -2.42. The van der Waals surface area contributed by atoms with Crippen LogP contribution in [0.4, 0.5) is 0 Å².